The second-order valence-electron chi connectivity index (χ2n) is 3.64. The van der Waals surface area contributed by atoms with Crippen LogP contribution < -0.4 is 10.5 Å². The van der Waals surface area contributed by atoms with Crippen LogP contribution in [0.3, 0.4) is 0 Å². The van der Waals surface area contributed by atoms with Gasteiger partial charge in [-0.2, -0.15) is 17.9 Å². The minimum atomic E-state index is -4.51. The molecule has 90 valence electrons. The molecule has 0 aliphatic heterocycles. The van der Waals surface area contributed by atoms with Crippen molar-refractivity contribution in [2.24, 2.45) is 5.73 Å². The summed E-state index contributed by atoms with van der Waals surface area (Å²) in [6, 6.07) is 0. The van der Waals surface area contributed by atoms with Crippen LogP contribution in [0.5, 0.6) is 0 Å². The third kappa shape index (κ3) is 3.05. The number of alkyl halides is 3. The molecule has 1 fully saturated rings. The van der Waals surface area contributed by atoms with E-state index in [1.54, 1.807) is 4.72 Å². The number of nitrogens with one attached hydrogen (secondary N) is 1. The van der Waals surface area contributed by atoms with E-state index in [1.807, 2.05) is 0 Å². The van der Waals surface area contributed by atoms with E-state index < -0.39 is 21.7 Å². The van der Waals surface area contributed by atoms with Crippen LogP contribution in [0.4, 0.5) is 13.2 Å². The highest BCUT2D eigenvalue weighted by Crippen LogP contribution is 2.49. The first-order valence-electron chi connectivity index (χ1n) is 4.51. The predicted octanol–water partition coefficient (Wildman–Crippen LogP) is 0.349. The molecule has 0 bridgehead atoms. The Morgan fingerprint density at radius 3 is 2.20 bits per heavy atom. The standard InChI is InChI=1S/C7H13F3N2O2S/c8-7(9,10)6(2-3-6)12-15(13,14)5-1-4-11/h12H,1-5,11H2. The van der Waals surface area contributed by atoms with E-state index in [9.17, 15) is 21.6 Å². The third-order valence-electron chi connectivity index (χ3n) is 2.26. The van der Waals surface area contributed by atoms with Gasteiger partial charge in [0.05, 0.1) is 5.75 Å². The molecule has 0 aromatic rings. The second kappa shape index (κ2) is 3.91. The normalized spacial score (nSPS) is 20.3. The summed E-state index contributed by atoms with van der Waals surface area (Å²) < 4.78 is 61.4. The fourth-order valence-electron chi connectivity index (χ4n) is 1.19. The van der Waals surface area contributed by atoms with E-state index in [1.165, 1.54) is 0 Å². The summed E-state index contributed by atoms with van der Waals surface area (Å²) >= 11 is 0. The van der Waals surface area contributed by atoms with Crippen molar-refractivity contribution in [3.8, 4) is 0 Å². The fraction of sp³-hybridized carbons (Fsp3) is 1.00. The predicted molar refractivity (Wildman–Crippen MR) is 48.6 cm³/mol. The average molecular weight is 246 g/mol. The topological polar surface area (TPSA) is 72.2 Å². The van der Waals surface area contributed by atoms with Crippen LogP contribution >= 0.6 is 0 Å². The Labute approximate surface area is 86.1 Å². The molecule has 1 rings (SSSR count). The number of rotatable bonds is 5. The maximum absolute atomic E-state index is 12.4. The summed E-state index contributed by atoms with van der Waals surface area (Å²) in [5, 5.41) is 0. The first-order chi connectivity index (χ1) is 6.72. The molecule has 4 nitrogen and oxygen atoms in total. The molecule has 1 aliphatic carbocycles. The zero-order valence-electron chi connectivity index (χ0n) is 7.97. The summed E-state index contributed by atoms with van der Waals surface area (Å²) in [5.41, 5.74) is 2.88. The molecule has 0 radical (unpaired) electrons. The molecule has 8 heteroatoms. The molecular weight excluding hydrogens is 233 g/mol. The van der Waals surface area contributed by atoms with Crippen molar-refractivity contribution in [2.75, 3.05) is 12.3 Å². The minimum absolute atomic E-state index is 0.139. The number of halogens is 3. The van der Waals surface area contributed by atoms with Crippen molar-refractivity contribution in [3.63, 3.8) is 0 Å². The SMILES string of the molecule is NCCCS(=O)(=O)NC1(C(F)(F)F)CC1. The number of nitrogens with two attached hydrogens (primary N) is 1. The molecule has 0 spiro atoms. The van der Waals surface area contributed by atoms with Crippen molar-refractivity contribution in [1.82, 2.24) is 4.72 Å². The highest BCUT2D eigenvalue weighted by Gasteiger charge is 2.65. The maximum Gasteiger partial charge on any atom is 0.407 e. The summed E-state index contributed by atoms with van der Waals surface area (Å²) in [7, 11) is -3.87. The van der Waals surface area contributed by atoms with E-state index in [0.717, 1.165) is 0 Å². The Kier molecular flexibility index (Phi) is 3.32. The van der Waals surface area contributed by atoms with Crippen LogP contribution in [0.2, 0.25) is 0 Å². The van der Waals surface area contributed by atoms with Gasteiger partial charge in [0, 0.05) is 0 Å². The van der Waals surface area contributed by atoms with Gasteiger partial charge in [-0.1, -0.05) is 0 Å². The van der Waals surface area contributed by atoms with Gasteiger partial charge in [-0.15, -0.1) is 0 Å². The van der Waals surface area contributed by atoms with E-state index in [-0.39, 0.29) is 31.6 Å². The van der Waals surface area contributed by atoms with Crippen LogP contribution in [0.1, 0.15) is 19.3 Å². The van der Waals surface area contributed by atoms with Gasteiger partial charge in [-0.25, -0.2) is 8.42 Å². The summed E-state index contributed by atoms with van der Waals surface area (Å²) in [6.45, 7) is 0.139. The molecule has 0 heterocycles. The van der Waals surface area contributed by atoms with Crippen LogP contribution in [-0.4, -0.2) is 32.4 Å². The lowest BCUT2D eigenvalue weighted by molar-refractivity contribution is -0.160. The molecular formula is C7H13F3N2O2S. The summed E-state index contributed by atoms with van der Waals surface area (Å²) in [5.74, 6) is -0.360. The van der Waals surface area contributed by atoms with Gasteiger partial charge in [0.25, 0.3) is 0 Å². The maximum atomic E-state index is 12.4. The van der Waals surface area contributed by atoms with Crippen LogP contribution in [0.15, 0.2) is 0 Å². The minimum Gasteiger partial charge on any atom is -0.330 e. The first kappa shape index (κ1) is 12.7. The van der Waals surface area contributed by atoms with Crippen LogP contribution in [-0.2, 0) is 10.0 Å². The van der Waals surface area contributed by atoms with Gasteiger partial charge >= 0.3 is 6.18 Å². The Balaban J connectivity index is 2.62. The fourth-order valence-corrected chi connectivity index (χ4v) is 2.75. The largest absolute Gasteiger partial charge is 0.407 e. The van der Waals surface area contributed by atoms with Crippen LogP contribution in [0, 0.1) is 0 Å². The van der Waals surface area contributed by atoms with Gasteiger partial charge in [-0.3, -0.25) is 0 Å². The van der Waals surface area contributed by atoms with Gasteiger partial charge < -0.3 is 5.73 Å². The zero-order valence-corrected chi connectivity index (χ0v) is 8.79. The molecule has 0 atom stereocenters. The van der Waals surface area contributed by atoms with E-state index in [4.69, 9.17) is 5.73 Å². The molecule has 3 N–H and O–H groups in total. The molecule has 1 saturated carbocycles. The lowest BCUT2D eigenvalue weighted by Gasteiger charge is -2.20. The molecule has 1 aliphatic rings. The Bertz CT molecular complexity index is 322. The molecule has 15 heavy (non-hydrogen) atoms. The highest BCUT2D eigenvalue weighted by molar-refractivity contribution is 7.89. The Hall–Kier alpha value is -0.340. The van der Waals surface area contributed by atoms with Crippen molar-refractivity contribution in [3.05, 3.63) is 0 Å². The van der Waals surface area contributed by atoms with E-state index >= 15 is 0 Å². The van der Waals surface area contributed by atoms with E-state index in [2.05, 4.69) is 0 Å². The number of sulfonamides is 1. The lowest BCUT2D eigenvalue weighted by atomic mass is 10.3. The van der Waals surface area contributed by atoms with Crippen molar-refractivity contribution in [2.45, 2.75) is 31.0 Å². The average Bonchev–Trinajstić information content (AvgIpc) is 2.80. The summed E-state index contributed by atoms with van der Waals surface area (Å²) in [6.07, 6.45) is -4.72. The third-order valence-corrected chi connectivity index (χ3v) is 3.79. The molecule has 0 amide bonds. The van der Waals surface area contributed by atoms with E-state index in [0.29, 0.717) is 0 Å². The molecule has 0 unspecified atom stereocenters. The van der Waals surface area contributed by atoms with Gasteiger partial charge in [-0.05, 0) is 25.8 Å². The van der Waals surface area contributed by atoms with Crippen LogP contribution in [0.25, 0.3) is 0 Å². The first-order valence-corrected chi connectivity index (χ1v) is 6.16. The van der Waals surface area contributed by atoms with Gasteiger partial charge in [0.1, 0.15) is 5.54 Å². The number of hydrogen-bond donors (Lipinski definition) is 2. The Morgan fingerprint density at radius 2 is 1.87 bits per heavy atom. The number of hydrogen-bond acceptors (Lipinski definition) is 3. The molecule has 0 saturated heterocycles. The smallest absolute Gasteiger partial charge is 0.330 e. The van der Waals surface area contributed by atoms with Gasteiger partial charge in [0.2, 0.25) is 10.0 Å². The Morgan fingerprint density at radius 1 is 1.33 bits per heavy atom. The quantitative estimate of drug-likeness (QED) is 0.735. The summed E-state index contributed by atoms with van der Waals surface area (Å²) in [4.78, 5) is 0. The lowest BCUT2D eigenvalue weighted by Crippen LogP contribution is -2.48. The highest BCUT2D eigenvalue weighted by atomic mass is 32.2. The van der Waals surface area contributed by atoms with Gasteiger partial charge in [0.15, 0.2) is 0 Å². The zero-order chi connectivity index (χ0) is 11.7. The monoisotopic (exact) mass is 246 g/mol. The molecule has 0 aromatic carbocycles. The van der Waals surface area contributed by atoms with Crippen molar-refractivity contribution in [1.29, 1.82) is 0 Å². The second-order valence-corrected chi connectivity index (χ2v) is 5.48. The molecule has 0 aromatic heterocycles. The van der Waals surface area contributed by atoms with Crippen molar-refractivity contribution >= 4 is 10.0 Å². The van der Waals surface area contributed by atoms with Crippen molar-refractivity contribution < 1.29 is 21.6 Å².